The monoisotopic (exact) mass is 465 g/mol. The van der Waals surface area contributed by atoms with Crippen molar-refractivity contribution < 1.29 is 14.3 Å². The Bertz CT molecular complexity index is 1320. The number of rotatable bonds is 5. The van der Waals surface area contributed by atoms with Crippen LogP contribution in [-0.2, 0) is 22.4 Å². The molecular weight excluding hydrogens is 438 g/mol. The fourth-order valence-electron chi connectivity index (χ4n) is 4.42. The lowest BCUT2D eigenvalue weighted by atomic mass is 10.0. The predicted molar refractivity (Wildman–Crippen MR) is 136 cm³/mol. The zero-order valence-corrected chi connectivity index (χ0v) is 19.9. The third-order valence-corrected chi connectivity index (χ3v) is 6.45. The molecule has 2 heterocycles. The van der Waals surface area contributed by atoms with Crippen LogP contribution in [-0.4, -0.2) is 28.5 Å². The molecule has 35 heavy (non-hydrogen) atoms. The summed E-state index contributed by atoms with van der Waals surface area (Å²) < 4.78 is 5.46. The molecule has 0 saturated heterocycles. The minimum absolute atomic E-state index is 0.0107. The maximum absolute atomic E-state index is 13.3. The number of aromatic amines is 1. The van der Waals surface area contributed by atoms with E-state index in [1.807, 2.05) is 62.4 Å². The molecule has 0 radical (unpaired) electrons. The molecule has 1 N–H and O–H groups in total. The Morgan fingerprint density at radius 1 is 0.886 bits per heavy atom. The molecule has 1 amide bonds. The van der Waals surface area contributed by atoms with Crippen molar-refractivity contribution in [2.24, 2.45) is 0 Å². The molecule has 3 aromatic carbocycles. The van der Waals surface area contributed by atoms with Gasteiger partial charge in [0.05, 0.1) is 29.1 Å². The minimum atomic E-state index is -0.451. The number of carbonyl (C=O) groups is 2. The first-order valence-corrected chi connectivity index (χ1v) is 11.8. The summed E-state index contributed by atoms with van der Waals surface area (Å²) >= 11 is 0. The summed E-state index contributed by atoms with van der Waals surface area (Å²) in [5.74, 6) is 0.217. The third kappa shape index (κ3) is 4.60. The first-order valence-electron chi connectivity index (χ1n) is 11.8. The Hall–Kier alpha value is -4.19. The van der Waals surface area contributed by atoms with Crippen LogP contribution in [0.2, 0.25) is 0 Å². The van der Waals surface area contributed by atoms with E-state index in [1.54, 1.807) is 17.0 Å². The number of nitrogens with one attached hydrogen (secondary N) is 1. The Morgan fingerprint density at radius 2 is 1.49 bits per heavy atom. The van der Waals surface area contributed by atoms with Crippen LogP contribution in [0.4, 0.5) is 11.4 Å². The molecule has 1 aliphatic rings. The van der Waals surface area contributed by atoms with E-state index < -0.39 is 5.97 Å². The first kappa shape index (κ1) is 22.6. The summed E-state index contributed by atoms with van der Waals surface area (Å²) in [4.78, 5) is 35.4. The molecule has 6 nitrogen and oxygen atoms in total. The van der Waals surface area contributed by atoms with Gasteiger partial charge in [-0.3, -0.25) is 9.69 Å². The molecule has 0 unspecified atom stereocenters. The highest BCUT2D eigenvalue weighted by molar-refractivity contribution is 6.02. The second kappa shape index (κ2) is 9.58. The standard InChI is InChI=1S/C29H27N3O3/c1-19-20(2)31-28(30-19)23-13-15-24(16-14-23)29(34)35-18-17-27(33)32-25-9-5-3-7-21(25)11-12-22-8-4-6-10-26(22)32/h3-10,13-16H,11-12,17-18H2,1-2H3,(H,30,31). The number of anilines is 2. The van der Waals surface area contributed by atoms with E-state index in [0.29, 0.717) is 5.56 Å². The molecule has 4 aromatic rings. The molecule has 1 aliphatic heterocycles. The Labute approximate surface area is 204 Å². The van der Waals surface area contributed by atoms with E-state index in [-0.39, 0.29) is 18.9 Å². The smallest absolute Gasteiger partial charge is 0.338 e. The van der Waals surface area contributed by atoms with Crippen molar-refractivity contribution in [3.05, 3.63) is 101 Å². The van der Waals surface area contributed by atoms with Gasteiger partial charge in [-0.25, -0.2) is 9.78 Å². The number of ether oxygens (including phenoxy) is 1. The normalized spacial score (nSPS) is 12.5. The minimum Gasteiger partial charge on any atom is -0.462 e. The number of carbonyl (C=O) groups excluding carboxylic acids is 2. The first-order chi connectivity index (χ1) is 17.0. The van der Waals surface area contributed by atoms with Gasteiger partial charge in [0.2, 0.25) is 5.91 Å². The zero-order chi connectivity index (χ0) is 24.4. The number of amides is 1. The van der Waals surface area contributed by atoms with E-state index in [0.717, 1.165) is 58.1 Å². The number of imidazole rings is 1. The van der Waals surface area contributed by atoms with Crippen molar-refractivity contribution in [1.82, 2.24) is 9.97 Å². The number of aryl methyl sites for hydroxylation is 4. The van der Waals surface area contributed by atoms with Crippen LogP contribution in [0.5, 0.6) is 0 Å². The summed E-state index contributed by atoms with van der Waals surface area (Å²) in [6.45, 7) is 3.93. The molecular formula is C29H27N3O3. The molecule has 0 aliphatic carbocycles. The summed E-state index contributed by atoms with van der Waals surface area (Å²) in [6, 6.07) is 23.1. The van der Waals surface area contributed by atoms with Crippen molar-refractivity contribution in [3.8, 4) is 11.4 Å². The van der Waals surface area contributed by atoms with Gasteiger partial charge in [0.1, 0.15) is 12.4 Å². The number of benzene rings is 3. The molecule has 0 spiro atoms. The molecule has 0 atom stereocenters. The number of para-hydroxylation sites is 2. The lowest BCUT2D eigenvalue weighted by Crippen LogP contribution is -2.28. The molecule has 0 fully saturated rings. The lowest BCUT2D eigenvalue weighted by molar-refractivity contribution is -0.118. The van der Waals surface area contributed by atoms with Crippen molar-refractivity contribution in [3.63, 3.8) is 0 Å². The topological polar surface area (TPSA) is 75.3 Å². The van der Waals surface area contributed by atoms with Gasteiger partial charge in [0.15, 0.2) is 0 Å². The van der Waals surface area contributed by atoms with Crippen molar-refractivity contribution in [2.45, 2.75) is 33.1 Å². The molecule has 0 saturated carbocycles. The molecule has 6 heteroatoms. The van der Waals surface area contributed by atoms with Crippen LogP contribution in [0.25, 0.3) is 11.4 Å². The van der Waals surface area contributed by atoms with Gasteiger partial charge in [-0.05, 0) is 62.1 Å². The largest absolute Gasteiger partial charge is 0.462 e. The number of hydrogen-bond acceptors (Lipinski definition) is 4. The molecule has 1 aromatic heterocycles. The highest BCUT2D eigenvalue weighted by Gasteiger charge is 2.25. The van der Waals surface area contributed by atoms with Crippen LogP contribution < -0.4 is 4.90 Å². The van der Waals surface area contributed by atoms with E-state index in [4.69, 9.17) is 4.74 Å². The maximum atomic E-state index is 13.3. The Morgan fingerprint density at radius 3 is 2.06 bits per heavy atom. The van der Waals surface area contributed by atoms with E-state index in [1.165, 1.54) is 0 Å². The van der Waals surface area contributed by atoms with E-state index in [9.17, 15) is 9.59 Å². The number of H-pyrrole nitrogens is 1. The summed E-state index contributed by atoms with van der Waals surface area (Å²) in [5.41, 5.74) is 7.36. The van der Waals surface area contributed by atoms with Crippen molar-refractivity contribution >= 4 is 23.3 Å². The summed E-state index contributed by atoms with van der Waals surface area (Å²) in [6.07, 6.45) is 1.84. The third-order valence-electron chi connectivity index (χ3n) is 6.45. The van der Waals surface area contributed by atoms with Crippen molar-refractivity contribution in [1.29, 1.82) is 0 Å². The average molecular weight is 466 g/mol. The van der Waals surface area contributed by atoms with Gasteiger partial charge >= 0.3 is 5.97 Å². The van der Waals surface area contributed by atoms with Crippen LogP contribution in [0.15, 0.2) is 72.8 Å². The summed E-state index contributed by atoms with van der Waals surface area (Å²) in [5, 5.41) is 0. The second-order valence-corrected chi connectivity index (χ2v) is 8.75. The highest BCUT2D eigenvalue weighted by Crippen LogP contribution is 2.36. The fourth-order valence-corrected chi connectivity index (χ4v) is 4.42. The SMILES string of the molecule is Cc1nc(-c2ccc(C(=O)OCCC(=O)N3c4ccccc4CCc4ccccc43)cc2)[nH]c1C. The van der Waals surface area contributed by atoms with Crippen LogP contribution >= 0.6 is 0 Å². The molecule has 176 valence electrons. The van der Waals surface area contributed by atoms with Gasteiger partial charge in [-0.15, -0.1) is 0 Å². The number of hydrogen-bond donors (Lipinski definition) is 1. The summed E-state index contributed by atoms with van der Waals surface area (Å²) in [7, 11) is 0. The number of nitrogens with zero attached hydrogens (tertiary/aromatic N) is 2. The number of fused-ring (bicyclic) bond motifs is 2. The predicted octanol–water partition coefficient (Wildman–Crippen LogP) is 5.70. The maximum Gasteiger partial charge on any atom is 0.338 e. The Balaban J connectivity index is 1.26. The van der Waals surface area contributed by atoms with Gasteiger partial charge < -0.3 is 9.72 Å². The molecule has 0 bridgehead atoms. The molecule has 5 rings (SSSR count). The van der Waals surface area contributed by atoms with E-state index >= 15 is 0 Å². The quantitative estimate of drug-likeness (QED) is 0.384. The van der Waals surface area contributed by atoms with Gasteiger partial charge in [0, 0.05) is 11.3 Å². The zero-order valence-electron chi connectivity index (χ0n) is 19.9. The van der Waals surface area contributed by atoms with Crippen molar-refractivity contribution in [2.75, 3.05) is 11.5 Å². The van der Waals surface area contributed by atoms with Crippen LogP contribution in [0, 0.1) is 13.8 Å². The average Bonchev–Trinajstić information content (AvgIpc) is 3.12. The Kier molecular flexibility index (Phi) is 6.19. The highest BCUT2D eigenvalue weighted by atomic mass is 16.5. The fraction of sp³-hybridized carbons (Fsp3) is 0.207. The number of aromatic nitrogens is 2. The van der Waals surface area contributed by atoms with Crippen LogP contribution in [0.3, 0.4) is 0 Å². The van der Waals surface area contributed by atoms with Gasteiger partial charge in [-0.1, -0.05) is 48.5 Å². The lowest BCUT2D eigenvalue weighted by Gasteiger charge is -2.25. The second-order valence-electron chi connectivity index (χ2n) is 8.75. The van der Waals surface area contributed by atoms with Gasteiger partial charge in [-0.2, -0.15) is 0 Å². The number of esters is 1. The van der Waals surface area contributed by atoms with Gasteiger partial charge in [0.25, 0.3) is 0 Å². The van der Waals surface area contributed by atoms with E-state index in [2.05, 4.69) is 22.1 Å². The van der Waals surface area contributed by atoms with Crippen LogP contribution in [0.1, 0.15) is 39.3 Å².